The number of hydrogen-bond acceptors (Lipinski definition) is 3. The second-order valence-electron chi connectivity index (χ2n) is 4.14. The van der Waals surface area contributed by atoms with Crippen LogP contribution in [0.1, 0.15) is 6.42 Å². The van der Waals surface area contributed by atoms with Gasteiger partial charge in [-0.3, -0.25) is 4.79 Å². The Morgan fingerprint density at radius 3 is 2.44 bits per heavy atom. The number of aliphatic carboxylic acids is 1. The number of carboxylic acid groups (broad SMARTS) is 1. The molecule has 2 rings (SSSR count). The van der Waals surface area contributed by atoms with Gasteiger partial charge in [0.15, 0.2) is 0 Å². The molecule has 5 nitrogen and oxygen atoms in total. The van der Waals surface area contributed by atoms with Crippen molar-refractivity contribution in [1.29, 1.82) is 0 Å². The molecule has 0 aromatic heterocycles. The first kappa shape index (κ1) is 13.5. The molecule has 98 valence electrons. The quantitative estimate of drug-likeness (QED) is 0.910. The van der Waals surface area contributed by atoms with Crippen molar-refractivity contribution in [3.63, 3.8) is 0 Å². The third-order valence-corrected chi connectivity index (χ3v) is 5.36. The van der Waals surface area contributed by atoms with Crippen LogP contribution < -0.4 is 0 Å². The molecule has 0 radical (unpaired) electrons. The molecule has 1 saturated heterocycles. The zero-order chi connectivity index (χ0) is 13.3. The van der Waals surface area contributed by atoms with E-state index in [-0.39, 0.29) is 18.0 Å². The number of halogens is 1. The summed E-state index contributed by atoms with van der Waals surface area (Å²) in [6.45, 7) is 0.309. The van der Waals surface area contributed by atoms with E-state index in [1.54, 1.807) is 12.1 Å². The third-order valence-electron chi connectivity index (χ3n) is 2.95. The lowest BCUT2D eigenvalue weighted by Gasteiger charge is -2.15. The first-order valence-corrected chi connectivity index (χ1v) is 7.63. The van der Waals surface area contributed by atoms with Crippen molar-refractivity contribution in [2.45, 2.75) is 11.3 Å². The number of benzene rings is 1. The van der Waals surface area contributed by atoms with E-state index in [1.165, 1.54) is 16.4 Å². The molecule has 0 amide bonds. The molecule has 1 fully saturated rings. The van der Waals surface area contributed by atoms with Crippen LogP contribution in [0.15, 0.2) is 33.6 Å². The first-order chi connectivity index (χ1) is 8.41. The lowest BCUT2D eigenvalue weighted by molar-refractivity contribution is -0.141. The highest BCUT2D eigenvalue weighted by molar-refractivity contribution is 9.10. The summed E-state index contributed by atoms with van der Waals surface area (Å²) >= 11 is 3.24. The monoisotopic (exact) mass is 333 g/mol. The summed E-state index contributed by atoms with van der Waals surface area (Å²) in [6, 6.07) is 6.32. The Kier molecular flexibility index (Phi) is 3.74. The third kappa shape index (κ3) is 2.57. The minimum absolute atomic E-state index is 0.0493. The SMILES string of the molecule is O=C(O)C1CCN(S(=O)(=O)c2ccc(Br)cc2)C1. The first-order valence-electron chi connectivity index (χ1n) is 5.40. The van der Waals surface area contributed by atoms with Gasteiger partial charge in [0.2, 0.25) is 10.0 Å². The van der Waals surface area contributed by atoms with Gasteiger partial charge in [0, 0.05) is 17.6 Å². The standard InChI is InChI=1S/C11H12BrNO4S/c12-9-1-3-10(4-2-9)18(16,17)13-6-5-8(7-13)11(14)15/h1-4,8H,5-7H2,(H,14,15). The van der Waals surface area contributed by atoms with Crippen molar-refractivity contribution in [2.75, 3.05) is 13.1 Å². The molecular formula is C11H12BrNO4S. The highest BCUT2D eigenvalue weighted by Gasteiger charge is 2.35. The molecule has 1 aromatic carbocycles. The minimum atomic E-state index is -3.57. The van der Waals surface area contributed by atoms with Gasteiger partial charge in [-0.05, 0) is 30.7 Å². The van der Waals surface area contributed by atoms with E-state index in [0.29, 0.717) is 6.42 Å². The normalized spacial score (nSPS) is 21.1. The van der Waals surface area contributed by atoms with Gasteiger partial charge in [-0.2, -0.15) is 4.31 Å². The Bertz CT molecular complexity index is 555. The Hall–Kier alpha value is -0.920. The smallest absolute Gasteiger partial charge is 0.307 e. The molecule has 7 heteroatoms. The average Bonchev–Trinajstić information content (AvgIpc) is 2.79. The van der Waals surface area contributed by atoms with E-state index in [2.05, 4.69) is 15.9 Å². The van der Waals surface area contributed by atoms with Crippen molar-refractivity contribution in [1.82, 2.24) is 4.31 Å². The second kappa shape index (κ2) is 4.99. The van der Waals surface area contributed by atoms with E-state index in [0.717, 1.165) is 4.47 Å². The molecular weight excluding hydrogens is 322 g/mol. The minimum Gasteiger partial charge on any atom is -0.481 e. The van der Waals surface area contributed by atoms with Crippen LogP contribution in [0.5, 0.6) is 0 Å². The van der Waals surface area contributed by atoms with E-state index in [1.807, 2.05) is 0 Å². The molecule has 1 heterocycles. The van der Waals surface area contributed by atoms with Crippen LogP contribution in [0, 0.1) is 5.92 Å². The maximum absolute atomic E-state index is 12.2. The largest absolute Gasteiger partial charge is 0.481 e. The van der Waals surface area contributed by atoms with E-state index in [9.17, 15) is 13.2 Å². The van der Waals surface area contributed by atoms with E-state index < -0.39 is 21.9 Å². The van der Waals surface area contributed by atoms with Gasteiger partial charge in [0.1, 0.15) is 0 Å². The molecule has 18 heavy (non-hydrogen) atoms. The molecule has 0 spiro atoms. The molecule has 1 atom stereocenters. The molecule has 1 unspecified atom stereocenters. The highest BCUT2D eigenvalue weighted by Crippen LogP contribution is 2.25. The molecule has 1 aliphatic rings. The number of hydrogen-bond donors (Lipinski definition) is 1. The second-order valence-corrected chi connectivity index (χ2v) is 6.99. The number of sulfonamides is 1. The van der Waals surface area contributed by atoms with Gasteiger partial charge in [0.25, 0.3) is 0 Å². The Labute approximate surface area is 114 Å². The maximum atomic E-state index is 12.2. The van der Waals surface area contributed by atoms with E-state index in [4.69, 9.17) is 5.11 Å². The van der Waals surface area contributed by atoms with Crippen molar-refractivity contribution in [2.24, 2.45) is 5.92 Å². The maximum Gasteiger partial charge on any atom is 0.307 e. The molecule has 1 aromatic rings. The van der Waals surface area contributed by atoms with Gasteiger partial charge < -0.3 is 5.11 Å². The van der Waals surface area contributed by atoms with Crippen LogP contribution >= 0.6 is 15.9 Å². The fraction of sp³-hybridized carbons (Fsp3) is 0.364. The summed E-state index contributed by atoms with van der Waals surface area (Å²) in [7, 11) is -3.57. The summed E-state index contributed by atoms with van der Waals surface area (Å²) in [5, 5.41) is 8.88. The predicted molar refractivity (Wildman–Crippen MR) is 68.6 cm³/mol. The lowest BCUT2D eigenvalue weighted by atomic mass is 10.1. The fourth-order valence-electron chi connectivity index (χ4n) is 1.90. The molecule has 1 aliphatic heterocycles. The molecule has 1 N–H and O–H groups in total. The van der Waals surface area contributed by atoms with Gasteiger partial charge in [-0.25, -0.2) is 8.42 Å². The topological polar surface area (TPSA) is 74.7 Å². The van der Waals surface area contributed by atoms with Gasteiger partial charge in [0.05, 0.1) is 10.8 Å². The van der Waals surface area contributed by atoms with Gasteiger partial charge >= 0.3 is 5.97 Å². The molecule has 0 aliphatic carbocycles. The molecule has 0 bridgehead atoms. The lowest BCUT2D eigenvalue weighted by Crippen LogP contribution is -2.30. The summed E-state index contributed by atoms with van der Waals surface area (Å²) in [4.78, 5) is 11.0. The van der Waals surface area contributed by atoms with E-state index >= 15 is 0 Å². The van der Waals surface area contributed by atoms with Crippen molar-refractivity contribution in [3.8, 4) is 0 Å². The number of carbonyl (C=O) groups is 1. The Balaban J connectivity index is 2.22. The van der Waals surface area contributed by atoms with Crippen LogP contribution in [-0.4, -0.2) is 36.9 Å². The van der Waals surface area contributed by atoms with Crippen molar-refractivity contribution in [3.05, 3.63) is 28.7 Å². The molecule has 0 saturated carbocycles. The zero-order valence-electron chi connectivity index (χ0n) is 9.41. The van der Waals surface area contributed by atoms with Crippen LogP contribution in [0.4, 0.5) is 0 Å². The van der Waals surface area contributed by atoms with Gasteiger partial charge in [-0.1, -0.05) is 15.9 Å². The van der Waals surface area contributed by atoms with Crippen molar-refractivity contribution < 1.29 is 18.3 Å². The van der Waals surface area contributed by atoms with Crippen LogP contribution in [0.3, 0.4) is 0 Å². The summed E-state index contributed by atoms with van der Waals surface area (Å²) in [6.07, 6.45) is 0.366. The summed E-state index contributed by atoms with van der Waals surface area (Å²) < 4.78 is 26.5. The van der Waals surface area contributed by atoms with Crippen molar-refractivity contribution >= 4 is 31.9 Å². The van der Waals surface area contributed by atoms with Gasteiger partial charge in [-0.15, -0.1) is 0 Å². The number of carboxylic acids is 1. The highest BCUT2D eigenvalue weighted by atomic mass is 79.9. The predicted octanol–water partition coefficient (Wildman–Crippen LogP) is 1.54. The summed E-state index contributed by atoms with van der Waals surface area (Å²) in [5.41, 5.74) is 0. The average molecular weight is 334 g/mol. The number of rotatable bonds is 3. The van der Waals surface area contributed by atoms with Crippen LogP contribution in [-0.2, 0) is 14.8 Å². The Morgan fingerprint density at radius 1 is 1.33 bits per heavy atom. The van der Waals surface area contributed by atoms with Crippen LogP contribution in [0.2, 0.25) is 0 Å². The Morgan fingerprint density at radius 2 is 1.94 bits per heavy atom. The van der Waals surface area contributed by atoms with Crippen LogP contribution in [0.25, 0.3) is 0 Å². The number of nitrogens with zero attached hydrogens (tertiary/aromatic N) is 1. The summed E-state index contributed by atoms with van der Waals surface area (Å²) in [5.74, 6) is -1.54. The zero-order valence-corrected chi connectivity index (χ0v) is 11.8. The fourth-order valence-corrected chi connectivity index (χ4v) is 3.67.